The smallest absolute Gasteiger partial charge is 0.222 e. The second-order valence-electron chi connectivity index (χ2n) is 5.15. The number of amides is 1. The van der Waals surface area contributed by atoms with E-state index in [0.29, 0.717) is 33.1 Å². The van der Waals surface area contributed by atoms with Crippen LogP contribution in [0.15, 0.2) is 36.4 Å². The van der Waals surface area contributed by atoms with Crippen LogP contribution in [0.25, 0.3) is 0 Å². The molecule has 7 heteroatoms. The van der Waals surface area contributed by atoms with Gasteiger partial charge in [0.1, 0.15) is 12.4 Å². The molecule has 0 aliphatic heterocycles. The van der Waals surface area contributed by atoms with E-state index in [0.717, 1.165) is 0 Å². The van der Waals surface area contributed by atoms with Gasteiger partial charge in [0.2, 0.25) is 5.91 Å². The average Bonchev–Trinajstić information content (AvgIpc) is 2.99. The minimum Gasteiger partial charge on any atom is -0.492 e. The Morgan fingerprint density at radius 3 is 2.62 bits per heavy atom. The number of halogens is 2. The Morgan fingerprint density at radius 2 is 1.96 bits per heavy atom. The van der Waals surface area contributed by atoms with Crippen LogP contribution in [0.2, 0.25) is 9.36 Å². The molecule has 128 valence electrons. The fourth-order valence-electron chi connectivity index (χ4n) is 1.98. The third kappa shape index (κ3) is 5.82. The van der Waals surface area contributed by atoms with Crippen molar-refractivity contribution in [2.75, 3.05) is 20.2 Å². The molecule has 2 aromatic rings. The van der Waals surface area contributed by atoms with Crippen molar-refractivity contribution >= 4 is 46.2 Å². The zero-order valence-corrected chi connectivity index (χ0v) is 15.5. The third-order valence-electron chi connectivity index (χ3n) is 3.33. The van der Waals surface area contributed by atoms with Gasteiger partial charge >= 0.3 is 0 Å². The molecule has 0 N–H and O–H groups in total. The van der Waals surface area contributed by atoms with E-state index < -0.39 is 0 Å². The number of nitrogens with zero attached hydrogens (tertiary/aromatic N) is 1. The van der Waals surface area contributed by atoms with Crippen molar-refractivity contribution in [3.8, 4) is 5.75 Å². The lowest BCUT2D eigenvalue weighted by molar-refractivity contribution is -0.130. The topological polar surface area (TPSA) is 46.6 Å². The molecule has 0 saturated heterocycles. The maximum atomic E-state index is 12.1. The molecule has 0 radical (unpaired) electrons. The van der Waals surface area contributed by atoms with E-state index in [1.54, 1.807) is 48.3 Å². The molecule has 24 heavy (non-hydrogen) atoms. The monoisotopic (exact) mass is 385 g/mol. The summed E-state index contributed by atoms with van der Waals surface area (Å²) < 4.78 is 6.12. The molecule has 2 rings (SSSR count). The molecule has 0 fully saturated rings. The van der Waals surface area contributed by atoms with Crippen molar-refractivity contribution in [3.05, 3.63) is 50.6 Å². The number of hydrogen-bond donors (Lipinski definition) is 0. The Kier molecular flexibility index (Phi) is 7.09. The lowest BCUT2D eigenvalue weighted by Crippen LogP contribution is -2.31. The average molecular weight is 386 g/mol. The van der Waals surface area contributed by atoms with Crippen LogP contribution in [0.1, 0.15) is 22.5 Å². The highest BCUT2D eigenvalue weighted by atomic mass is 35.5. The van der Waals surface area contributed by atoms with Gasteiger partial charge in [0.15, 0.2) is 5.78 Å². The highest BCUT2D eigenvalue weighted by Gasteiger charge is 2.14. The highest BCUT2D eigenvalue weighted by Crippen LogP contribution is 2.23. The van der Waals surface area contributed by atoms with Gasteiger partial charge in [-0.05, 0) is 30.3 Å². The number of rotatable bonds is 8. The SMILES string of the molecule is CN(CCOc1cccc(Cl)c1)C(=O)CCC(=O)c1ccc(Cl)s1. The van der Waals surface area contributed by atoms with E-state index in [9.17, 15) is 9.59 Å². The first-order valence-corrected chi connectivity index (χ1v) is 8.94. The van der Waals surface area contributed by atoms with Gasteiger partial charge in [-0.15, -0.1) is 11.3 Å². The number of carbonyl (C=O) groups is 2. The molecular weight excluding hydrogens is 369 g/mol. The normalized spacial score (nSPS) is 10.5. The van der Waals surface area contributed by atoms with Crippen LogP contribution in [0, 0.1) is 0 Å². The molecule has 1 aromatic heterocycles. The van der Waals surface area contributed by atoms with Crippen LogP contribution in [0.4, 0.5) is 0 Å². The van der Waals surface area contributed by atoms with Gasteiger partial charge in [-0.25, -0.2) is 0 Å². The first-order chi connectivity index (χ1) is 11.5. The number of carbonyl (C=O) groups excluding carboxylic acids is 2. The fraction of sp³-hybridized carbons (Fsp3) is 0.294. The summed E-state index contributed by atoms with van der Waals surface area (Å²) >= 11 is 12.9. The summed E-state index contributed by atoms with van der Waals surface area (Å²) in [6.45, 7) is 0.793. The number of benzene rings is 1. The largest absolute Gasteiger partial charge is 0.492 e. The molecule has 0 unspecified atom stereocenters. The van der Waals surface area contributed by atoms with Crippen LogP contribution < -0.4 is 4.74 Å². The molecule has 0 spiro atoms. The molecule has 0 atom stereocenters. The Balaban J connectivity index is 1.71. The van der Waals surface area contributed by atoms with Crippen molar-refractivity contribution in [2.45, 2.75) is 12.8 Å². The third-order valence-corrected chi connectivity index (χ3v) is 4.84. The Bertz CT molecular complexity index is 717. The highest BCUT2D eigenvalue weighted by molar-refractivity contribution is 7.18. The summed E-state index contributed by atoms with van der Waals surface area (Å²) in [6, 6.07) is 10.5. The van der Waals surface area contributed by atoms with Gasteiger partial charge in [-0.1, -0.05) is 29.3 Å². The van der Waals surface area contributed by atoms with Crippen LogP contribution in [0.3, 0.4) is 0 Å². The van der Waals surface area contributed by atoms with Crippen molar-refractivity contribution in [1.82, 2.24) is 4.90 Å². The molecule has 0 aliphatic carbocycles. The van der Waals surface area contributed by atoms with Crippen molar-refractivity contribution in [1.29, 1.82) is 0 Å². The fourth-order valence-corrected chi connectivity index (χ4v) is 3.17. The van der Waals surface area contributed by atoms with E-state index in [2.05, 4.69) is 0 Å². The zero-order valence-electron chi connectivity index (χ0n) is 13.1. The Labute approximate surface area is 154 Å². The zero-order chi connectivity index (χ0) is 17.5. The number of ether oxygens (including phenoxy) is 1. The van der Waals surface area contributed by atoms with Crippen LogP contribution in [-0.4, -0.2) is 36.8 Å². The predicted octanol–water partition coefficient (Wildman–Crippen LogP) is 4.56. The number of Topliss-reactive ketones (excluding diaryl/α,β-unsaturated/α-hetero) is 1. The maximum absolute atomic E-state index is 12.1. The molecule has 1 amide bonds. The summed E-state index contributed by atoms with van der Waals surface area (Å²) in [5, 5.41) is 0.601. The molecule has 0 aliphatic rings. The lowest BCUT2D eigenvalue weighted by Gasteiger charge is -2.17. The molecule has 1 aromatic carbocycles. The van der Waals surface area contributed by atoms with E-state index in [-0.39, 0.29) is 24.5 Å². The van der Waals surface area contributed by atoms with Crippen LogP contribution in [-0.2, 0) is 4.79 Å². The number of likely N-dealkylation sites (N-methyl/N-ethyl adjacent to an activating group) is 1. The van der Waals surface area contributed by atoms with E-state index in [1.807, 2.05) is 0 Å². The summed E-state index contributed by atoms with van der Waals surface area (Å²) in [5.41, 5.74) is 0. The summed E-state index contributed by atoms with van der Waals surface area (Å²) in [6.07, 6.45) is 0.344. The second-order valence-corrected chi connectivity index (χ2v) is 7.30. The van der Waals surface area contributed by atoms with Crippen LogP contribution in [0.5, 0.6) is 5.75 Å². The van der Waals surface area contributed by atoms with E-state index in [1.165, 1.54) is 11.3 Å². The Morgan fingerprint density at radius 1 is 1.17 bits per heavy atom. The maximum Gasteiger partial charge on any atom is 0.222 e. The van der Waals surface area contributed by atoms with Crippen molar-refractivity contribution in [2.24, 2.45) is 0 Å². The summed E-state index contributed by atoms with van der Waals surface area (Å²) in [4.78, 5) is 26.2. The summed E-state index contributed by atoms with van der Waals surface area (Å²) in [5.74, 6) is 0.498. The van der Waals surface area contributed by atoms with Crippen molar-refractivity contribution < 1.29 is 14.3 Å². The minimum atomic E-state index is -0.0966. The summed E-state index contributed by atoms with van der Waals surface area (Å²) in [7, 11) is 1.69. The Hall–Kier alpha value is -1.56. The van der Waals surface area contributed by atoms with Gasteiger partial charge in [0.05, 0.1) is 15.8 Å². The van der Waals surface area contributed by atoms with Gasteiger partial charge in [-0.2, -0.15) is 0 Å². The molecule has 0 bridgehead atoms. The minimum absolute atomic E-state index is 0.0659. The quantitative estimate of drug-likeness (QED) is 0.625. The van der Waals surface area contributed by atoms with Gasteiger partial charge in [0, 0.05) is 24.9 Å². The first kappa shape index (κ1) is 18.8. The standard InChI is InChI=1S/C17H17Cl2NO3S/c1-20(9-10-23-13-4-2-3-12(18)11-13)17(22)8-5-14(21)15-6-7-16(19)24-15/h2-4,6-7,11H,5,8-10H2,1H3. The molecular formula is C17H17Cl2NO3S. The number of thiophene rings is 1. The van der Waals surface area contributed by atoms with Crippen molar-refractivity contribution in [3.63, 3.8) is 0 Å². The molecule has 4 nitrogen and oxygen atoms in total. The number of ketones is 1. The van der Waals surface area contributed by atoms with E-state index >= 15 is 0 Å². The van der Waals surface area contributed by atoms with Crippen LogP contribution >= 0.6 is 34.5 Å². The van der Waals surface area contributed by atoms with Gasteiger partial charge in [-0.3, -0.25) is 9.59 Å². The number of hydrogen-bond acceptors (Lipinski definition) is 4. The second kappa shape index (κ2) is 9.06. The molecule has 1 heterocycles. The van der Waals surface area contributed by atoms with Gasteiger partial charge < -0.3 is 9.64 Å². The van der Waals surface area contributed by atoms with E-state index in [4.69, 9.17) is 27.9 Å². The first-order valence-electron chi connectivity index (χ1n) is 7.36. The van der Waals surface area contributed by atoms with Gasteiger partial charge in [0.25, 0.3) is 0 Å². The molecule has 0 saturated carbocycles. The predicted molar refractivity (Wildman–Crippen MR) is 97.5 cm³/mol. The lowest BCUT2D eigenvalue weighted by atomic mass is 10.2.